The van der Waals surface area contributed by atoms with E-state index >= 15 is 0 Å². The summed E-state index contributed by atoms with van der Waals surface area (Å²) >= 11 is 0. The van der Waals surface area contributed by atoms with Gasteiger partial charge in [0.25, 0.3) is 0 Å². The second kappa shape index (κ2) is 3.35. The van der Waals surface area contributed by atoms with E-state index in [1.807, 2.05) is 6.07 Å². The molecule has 0 unspecified atom stereocenters. The summed E-state index contributed by atoms with van der Waals surface area (Å²) in [5, 5.41) is 0. The van der Waals surface area contributed by atoms with E-state index < -0.39 is 0 Å². The first-order chi connectivity index (χ1) is 7.34. The minimum atomic E-state index is 0.313. The van der Waals surface area contributed by atoms with E-state index in [4.69, 9.17) is 10.2 Å². The molecule has 0 saturated heterocycles. The Morgan fingerprint density at radius 2 is 2.27 bits per heavy atom. The van der Waals surface area contributed by atoms with Crippen molar-refractivity contribution in [3.8, 4) is 0 Å². The minimum absolute atomic E-state index is 0.313. The predicted molar refractivity (Wildman–Crippen MR) is 58.3 cm³/mol. The number of rotatable bonds is 5. The number of hydrogen-bond donors (Lipinski definition) is 1. The molecular weight excluding hydrogens is 188 g/mol. The smallest absolute Gasteiger partial charge is 0.117 e. The van der Waals surface area contributed by atoms with Gasteiger partial charge < -0.3 is 10.2 Å². The lowest BCUT2D eigenvalue weighted by Gasteiger charge is -2.30. The molecule has 15 heavy (non-hydrogen) atoms. The molecule has 2 fully saturated rings. The molecule has 3 rings (SSSR count). The number of hydrogen-bond acceptors (Lipinski definition) is 3. The van der Waals surface area contributed by atoms with Crippen LogP contribution in [0.15, 0.2) is 22.8 Å². The van der Waals surface area contributed by atoms with Crippen LogP contribution in [-0.2, 0) is 6.54 Å². The first-order valence-electron chi connectivity index (χ1n) is 5.83. The fraction of sp³-hybridized carbons (Fsp3) is 0.667. The lowest BCUT2D eigenvalue weighted by molar-refractivity contribution is 0.149. The third-order valence-electron chi connectivity index (χ3n) is 3.71. The summed E-state index contributed by atoms with van der Waals surface area (Å²) in [5.41, 5.74) is 6.21. The SMILES string of the molecule is NCC1(N(Cc2ccco2)C2CC2)CC1. The molecule has 1 aromatic heterocycles. The van der Waals surface area contributed by atoms with Crippen molar-refractivity contribution < 1.29 is 4.42 Å². The van der Waals surface area contributed by atoms with E-state index in [0.29, 0.717) is 5.54 Å². The average Bonchev–Trinajstić information content (AvgIpc) is 3.17. The van der Waals surface area contributed by atoms with Crippen LogP contribution in [0.4, 0.5) is 0 Å². The van der Waals surface area contributed by atoms with Crippen molar-refractivity contribution in [2.24, 2.45) is 5.73 Å². The average molecular weight is 206 g/mol. The van der Waals surface area contributed by atoms with Gasteiger partial charge in [-0.3, -0.25) is 4.90 Å². The summed E-state index contributed by atoms with van der Waals surface area (Å²) in [7, 11) is 0. The fourth-order valence-electron chi connectivity index (χ4n) is 2.39. The van der Waals surface area contributed by atoms with Crippen molar-refractivity contribution in [1.29, 1.82) is 0 Å². The van der Waals surface area contributed by atoms with Crippen LogP contribution in [0.5, 0.6) is 0 Å². The molecule has 1 aromatic rings. The standard InChI is InChI=1S/C12H18N2O/c13-9-12(5-6-12)14(10-3-4-10)8-11-2-1-7-15-11/h1-2,7,10H,3-6,8-9,13H2. The number of nitrogens with zero attached hydrogens (tertiary/aromatic N) is 1. The predicted octanol–water partition coefficient (Wildman–Crippen LogP) is 1.74. The summed E-state index contributed by atoms with van der Waals surface area (Å²) in [6.45, 7) is 1.74. The Kier molecular flexibility index (Phi) is 2.11. The van der Waals surface area contributed by atoms with Crippen molar-refractivity contribution in [2.45, 2.75) is 43.8 Å². The van der Waals surface area contributed by atoms with Crippen LogP contribution in [-0.4, -0.2) is 23.0 Å². The summed E-state index contributed by atoms with van der Waals surface area (Å²) < 4.78 is 5.43. The van der Waals surface area contributed by atoms with E-state index in [0.717, 1.165) is 24.9 Å². The largest absolute Gasteiger partial charge is 0.468 e. The third-order valence-corrected chi connectivity index (χ3v) is 3.71. The Hall–Kier alpha value is -0.800. The highest BCUT2D eigenvalue weighted by Crippen LogP contribution is 2.47. The van der Waals surface area contributed by atoms with Crippen LogP contribution in [0.2, 0.25) is 0 Å². The van der Waals surface area contributed by atoms with Gasteiger partial charge in [0.15, 0.2) is 0 Å². The molecule has 0 spiro atoms. The Morgan fingerprint density at radius 1 is 1.47 bits per heavy atom. The molecule has 3 heteroatoms. The Balaban J connectivity index is 1.74. The van der Waals surface area contributed by atoms with Crippen molar-refractivity contribution >= 4 is 0 Å². The first-order valence-corrected chi connectivity index (χ1v) is 5.83. The van der Waals surface area contributed by atoms with Gasteiger partial charge in [-0.2, -0.15) is 0 Å². The van der Waals surface area contributed by atoms with Gasteiger partial charge in [-0.15, -0.1) is 0 Å². The molecule has 2 aliphatic rings. The molecule has 2 N–H and O–H groups in total. The Bertz CT molecular complexity index is 325. The van der Waals surface area contributed by atoms with E-state index in [1.165, 1.54) is 25.7 Å². The highest BCUT2D eigenvalue weighted by Gasteiger charge is 2.51. The van der Waals surface area contributed by atoms with E-state index in [-0.39, 0.29) is 0 Å². The molecule has 3 nitrogen and oxygen atoms in total. The van der Waals surface area contributed by atoms with Gasteiger partial charge in [0.1, 0.15) is 5.76 Å². The van der Waals surface area contributed by atoms with Gasteiger partial charge in [-0.1, -0.05) is 0 Å². The minimum Gasteiger partial charge on any atom is -0.468 e. The summed E-state index contributed by atoms with van der Waals surface area (Å²) in [4.78, 5) is 2.58. The highest BCUT2D eigenvalue weighted by molar-refractivity contribution is 5.11. The van der Waals surface area contributed by atoms with E-state index in [1.54, 1.807) is 6.26 Å². The maximum Gasteiger partial charge on any atom is 0.117 e. The van der Waals surface area contributed by atoms with Crippen LogP contribution in [0.3, 0.4) is 0 Å². The van der Waals surface area contributed by atoms with Gasteiger partial charge in [-0.05, 0) is 37.8 Å². The molecule has 1 heterocycles. The Morgan fingerprint density at radius 3 is 2.73 bits per heavy atom. The van der Waals surface area contributed by atoms with E-state index in [9.17, 15) is 0 Å². The molecule has 0 amide bonds. The topological polar surface area (TPSA) is 42.4 Å². The lowest BCUT2D eigenvalue weighted by atomic mass is 10.2. The molecule has 82 valence electrons. The molecule has 0 radical (unpaired) electrons. The summed E-state index contributed by atoms with van der Waals surface area (Å²) in [6, 6.07) is 4.78. The molecule has 0 bridgehead atoms. The lowest BCUT2D eigenvalue weighted by Crippen LogP contribution is -2.43. The van der Waals surface area contributed by atoms with Crippen LogP contribution in [0.25, 0.3) is 0 Å². The van der Waals surface area contributed by atoms with Crippen molar-refractivity contribution in [3.05, 3.63) is 24.2 Å². The quantitative estimate of drug-likeness (QED) is 0.798. The zero-order valence-electron chi connectivity index (χ0n) is 8.98. The maximum atomic E-state index is 5.89. The zero-order chi connectivity index (χ0) is 10.3. The first kappa shape index (κ1) is 9.43. The van der Waals surface area contributed by atoms with Gasteiger partial charge in [-0.25, -0.2) is 0 Å². The number of furan rings is 1. The molecular formula is C12H18N2O. The maximum absolute atomic E-state index is 5.89. The van der Waals surface area contributed by atoms with Gasteiger partial charge in [0.05, 0.1) is 12.8 Å². The normalized spacial score (nSPS) is 23.3. The molecule has 2 aliphatic carbocycles. The molecule has 0 atom stereocenters. The molecule has 2 saturated carbocycles. The number of nitrogens with two attached hydrogens (primary N) is 1. The second-order valence-electron chi connectivity index (χ2n) is 4.87. The zero-order valence-corrected chi connectivity index (χ0v) is 8.98. The fourth-order valence-corrected chi connectivity index (χ4v) is 2.39. The molecule has 0 aromatic carbocycles. The van der Waals surface area contributed by atoms with Gasteiger partial charge >= 0.3 is 0 Å². The van der Waals surface area contributed by atoms with Crippen molar-refractivity contribution in [1.82, 2.24) is 4.90 Å². The monoisotopic (exact) mass is 206 g/mol. The van der Waals surface area contributed by atoms with E-state index in [2.05, 4.69) is 11.0 Å². The second-order valence-corrected chi connectivity index (χ2v) is 4.87. The highest BCUT2D eigenvalue weighted by atomic mass is 16.3. The summed E-state index contributed by atoms with van der Waals surface area (Å²) in [5.74, 6) is 1.07. The van der Waals surface area contributed by atoms with Crippen molar-refractivity contribution in [3.63, 3.8) is 0 Å². The van der Waals surface area contributed by atoms with Crippen LogP contribution >= 0.6 is 0 Å². The van der Waals surface area contributed by atoms with Crippen LogP contribution in [0.1, 0.15) is 31.4 Å². The third kappa shape index (κ3) is 1.70. The molecule has 0 aliphatic heterocycles. The van der Waals surface area contributed by atoms with Crippen LogP contribution < -0.4 is 5.73 Å². The van der Waals surface area contributed by atoms with Crippen molar-refractivity contribution in [2.75, 3.05) is 6.54 Å². The van der Waals surface area contributed by atoms with Gasteiger partial charge in [0, 0.05) is 18.1 Å². The van der Waals surface area contributed by atoms with Crippen LogP contribution in [0, 0.1) is 0 Å². The Labute approximate surface area is 90.2 Å². The summed E-state index contributed by atoms with van der Waals surface area (Å²) in [6.07, 6.45) is 6.95. The van der Waals surface area contributed by atoms with Gasteiger partial charge in [0.2, 0.25) is 0 Å².